The fourth-order valence-electron chi connectivity index (χ4n) is 3.59. The Morgan fingerprint density at radius 2 is 1.78 bits per heavy atom. The third-order valence-electron chi connectivity index (χ3n) is 5.12. The number of para-hydroxylation sites is 1. The van der Waals surface area contributed by atoms with Gasteiger partial charge < -0.3 is 15.0 Å². The van der Waals surface area contributed by atoms with E-state index in [1.54, 1.807) is 7.11 Å². The highest BCUT2D eigenvalue weighted by atomic mass is 16.5. The summed E-state index contributed by atoms with van der Waals surface area (Å²) in [5.41, 5.74) is 8.82. The molecular formula is C22H23N3O2. The molecule has 1 aliphatic carbocycles. The highest BCUT2D eigenvalue weighted by Gasteiger charge is 2.36. The van der Waals surface area contributed by atoms with E-state index < -0.39 is 5.54 Å². The molecule has 1 saturated carbocycles. The van der Waals surface area contributed by atoms with E-state index in [1.165, 1.54) is 0 Å². The number of methoxy groups -OCH3 is 1. The van der Waals surface area contributed by atoms with Crippen LogP contribution in [0.3, 0.4) is 0 Å². The molecule has 1 aliphatic rings. The molecule has 5 heteroatoms. The summed E-state index contributed by atoms with van der Waals surface area (Å²) in [6.07, 6.45) is 6.00. The number of aromatic nitrogens is 2. The lowest BCUT2D eigenvalue weighted by molar-refractivity contribution is 0.363. The van der Waals surface area contributed by atoms with Crippen molar-refractivity contribution in [1.29, 1.82) is 0 Å². The maximum absolute atomic E-state index is 6.51. The quantitative estimate of drug-likeness (QED) is 0.682. The van der Waals surface area contributed by atoms with Gasteiger partial charge in [0.1, 0.15) is 5.75 Å². The van der Waals surface area contributed by atoms with Gasteiger partial charge in [-0.05, 0) is 30.5 Å². The van der Waals surface area contributed by atoms with Crippen LogP contribution < -0.4 is 10.5 Å². The van der Waals surface area contributed by atoms with E-state index >= 15 is 0 Å². The lowest BCUT2D eigenvalue weighted by atomic mass is 9.98. The first-order valence-electron chi connectivity index (χ1n) is 9.23. The molecule has 2 aromatic carbocycles. The molecule has 0 radical (unpaired) electrons. The molecular weight excluding hydrogens is 338 g/mol. The Morgan fingerprint density at radius 3 is 2.52 bits per heavy atom. The highest BCUT2D eigenvalue weighted by molar-refractivity contribution is 5.89. The maximum atomic E-state index is 6.51. The molecule has 0 saturated heterocycles. The number of rotatable bonds is 5. The van der Waals surface area contributed by atoms with Gasteiger partial charge in [-0.25, -0.2) is 0 Å². The van der Waals surface area contributed by atoms with Crippen LogP contribution in [0.4, 0.5) is 0 Å². The second-order valence-corrected chi connectivity index (χ2v) is 6.95. The van der Waals surface area contributed by atoms with E-state index in [0.29, 0.717) is 11.7 Å². The Labute approximate surface area is 158 Å². The second-order valence-electron chi connectivity index (χ2n) is 6.95. The summed E-state index contributed by atoms with van der Waals surface area (Å²) in [5, 5.41) is 4.22. The van der Waals surface area contributed by atoms with Gasteiger partial charge >= 0.3 is 0 Å². The molecule has 0 unspecified atom stereocenters. The average Bonchev–Trinajstić information content (AvgIpc) is 3.37. The van der Waals surface area contributed by atoms with E-state index in [2.05, 4.69) is 10.1 Å². The molecule has 1 aromatic heterocycles. The van der Waals surface area contributed by atoms with Gasteiger partial charge in [0.25, 0.3) is 5.89 Å². The third-order valence-corrected chi connectivity index (χ3v) is 5.12. The number of nitrogens with zero attached hydrogens (tertiary/aromatic N) is 2. The molecule has 0 bridgehead atoms. The summed E-state index contributed by atoms with van der Waals surface area (Å²) >= 11 is 0. The van der Waals surface area contributed by atoms with Gasteiger partial charge in [-0.3, -0.25) is 0 Å². The Hall–Kier alpha value is -2.92. The lowest BCUT2D eigenvalue weighted by Gasteiger charge is -2.17. The fourth-order valence-corrected chi connectivity index (χ4v) is 3.59. The topological polar surface area (TPSA) is 74.2 Å². The molecule has 2 N–H and O–H groups in total. The van der Waals surface area contributed by atoms with Crippen LogP contribution in [0.25, 0.3) is 11.6 Å². The summed E-state index contributed by atoms with van der Waals surface area (Å²) in [6, 6.07) is 17.9. The van der Waals surface area contributed by atoms with Crippen molar-refractivity contribution >= 4 is 11.6 Å². The Balaban J connectivity index is 1.80. The van der Waals surface area contributed by atoms with Crippen molar-refractivity contribution in [2.75, 3.05) is 7.11 Å². The summed E-state index contributed by atoms with van der Waals surface area (Å²) in [4.78, 5) is 4.68. The zero-order chi connectivity index (χ0) is 18.7. The Morgan fingerprint density at radius 1 is 1.07 bits per heavy atom. The van der Waals surface area contributed by atoms with E-state index in [0.717, 1.165) is 48.1 Å². The van der Waals surface area contributed by atoms with Gasteiger partial charge in [0.05, 0.1) is 12.6 Å². The minimum absolute atomic E-state index is 0.471. The number of nitrogens with two attached hydrogens (primary N) is 1. The van der Waals surface area contributed by atoms with Gasteiger partial charge in [0.2, 0.25) is 0 Å². The zero-order valence-corrected chi connectivity index (χ0v) is 15.4. The van der Waals surface area contributed by atoms with Crippen molar-refractivity contribution in [2.45, 2.75) is 31.2 Å². The van der Waals surface area contributed by atoms with Crippen molar-refractivity contribution in [3.63, 3.8) is 0 Å². The fraction of sp³-hybridized carbons (Fsp3) is 0.273. The molecule has 0 aliphatic heterocycles. The highest BCUT2D eigenvalue weighted by Crippen LogP contribution is 2.36. The van der Waals surface area contributed by atoms with Crippen molar-refractivity contribution in [1.82, 2.24) is 10.1 Å². The zero-order valence-electron chi connectivity index (χ0n) is 15.4. The van der Waals surface area contributed by atoms with Crippen LogP contribution in [-0.2, 0) is 5.54 Å². The normalized spacial score (nSPS) is 16.4. The molecule has 0 amide bonds. The smallest absolute Gasteiger partial charge is 0.258 e. The number of hydrogen-bond acceptors (Lipinski definition) is 5. The molecule has 0 spiro atoms. The van der Waals surface area contributed by atoms with Crippen molar-refractivity contribution in [3.8, 4) is 5.75 Å². The maximum Gasteiger partial charge on any atom is 0.258 e. The monoisotopic (exact) mass is 361 g/mol. The predicted molar refractivity (Wildman–Crippen MR) is 105 cm³/mol. The SMILES string of the molecule is COc1ccccc1/C=C(\c1ccccc1)c1nc(C2(N)CCCC2)no1. The summed E-state index contributed by atoms with van der Waals surface area (Å²) in [6.45, 7) is 0. The van der Waals surface area contributed by atoms with E-state index in [-0.39, 0.29) is 0 Å². The first kappa shape index (κ1) is 17.5. The minimum atomic E-state index is -0.478. The van der Waals surface area contributed by atoms with Gasteiger partial charge in [0.15, 0.2) is 5.82 Å². The first-order chi connectivity index (χ1) is 13.2. The molecule has 138 valence electrons. The molecule has 3 aromatic rings. The van der Waals surface area contributed by atoms with Crippen LogP contribution in [0.1, 0.15) is 48.5 Å². The van der Waals surface area contributed by atoms with Crippen LogP contribution in [0.2, 0.25) is 0 Å². The van der Waals surface area contributed by atoms with Gasteiger partial charge in [-0.15, -0.1) is 0 Å². The third kappa shape index (κ3) is 3.51. The summed E-state index contributed by atoms with van der Waals surface area (Å²) in [5.74, 6) is 1.85. The lowest BCUT2D eigenvalue weighted by Crippen LogP contribution is -2.34. The van der Waals surface area contributed by atoms with Crippen LogP contribution in [0, 0.1) is 0 Å². The van der Waals surface area contributed by atoms with E-state index in [1.807, 2.05) is 60.7 Å². The van der Waals surface area contributed by atoms with Crippen molar-refractivity contribution < 1.29 is 9.26 Å². The van der Waals surface area contributed by atoms with Crippen LogP contribution in [0.15, 0.2) is 59.1 Å². The number of ether oxygens (including phenoxy) is 1. The molecule has 27 heavy (non-hydrogen) atoms. The average molecular weight is 361 g/mol. The summed E-state index contributed by atoms with van der Waals surface area (Å²) < 4.78 is 11.1. The van der Waals surface area contributed by atoms with Crippen LogP contribution in [-0.4, -0.2) is 17.3 Å². The largest absolute Gasteiger partial charge is 0.496 e. The Kier molecular flexibility index (Phi) is 4.77. The first-order valence-corrected chi connectivity index (χ1v) is 9.23. The van der Waals surface area contributed by atoms with Gasteiger partial charge in [-0.2, -0.15) is 4.98 Å². The standard InChI is InChI=1S/C22H23N3O2/c1-26-19-12-6-5-11-17(19)15-18(16-9-3-2-4-10-16)20-24-21(25-27-20)22(23)13-7-8-14-22/h2-6,9-12,15H,7-8,13-14,23H2,1H3/b18-15+. The molecule has 4 rings (SSSR count). The Bertz CT molecular complexity index is 941. The van der Waals surface area contributed by atoms with E-state index in [4.69, 9.17) is 15.0 Å². The van der Waals surface area contributed by atoms with Crippen LogP contribution >= 0.6 is 0 Å². The van der Waals surface area contributed by atoms with Crippen molar-refractivity contribution in [2.24, 2.45) is 5.73 Å². The van der Waals surface area contributed by atoms with Crippen molar-refractivity contribution in [3.05, 3.63) is 77.4 Å². The summed E-state index contributed by atoms with van der Waals surface area (Å²) in [7, 11) is 1.66. The van der Waals surface area contributed by atoms with Crippen LogP contribution in [0.5, 0.6) is 5.75 Å². The minimum Gasteiger partial charge on any atom is -0.496 e. The van der Waals surface area contributed by atoms with E-state index in [9.17, 15) is 0 Å². The number of benzene rings is 2. The van der Waals surface area contributed by atoms with Gasteiger partial charge in [0, 0.05) is 11.1 Å². The number of hydrogen-bond donors (Lipinski definition) is 1. The molecule has 1 heterocycles. The second kappa shape index (κ2) is 7.37. The van der Waals surface area contributed by atoms with Gasteiger partial charge in [-0.1, -0.05) is 66.5 Å². The predicted octanol–water partition coefficient (Wildman–Crippen LogP) is 4.40. The molecule has 5 nitrogen and oxygen atoms in total. The molecule has 1 fully saturated rings. The molecule has 0 atom stereocenters.